The van der Waals surface area contributed by atoms with E-state index in [9.17, 15) is 44.9 Å². The van der Waals surface area contributed by atoms with Crippen molar-refractivity contribution in [2.45, 2.75) is 23.7 Å². The molecule has 10 N–H and O–H groups in total. The van der Waals surface area contributed by atoms with Crippen LogP contribution >= 0.6 is 49.6 Å². The number of halogens is 4. The number of carbonyl (C=O) groups is 1. The van der Waals surface area contributed by atoms with Crippen molar-refractivity contribution in [3.8, 4) is 5.75 Å². The maximum absolute atomic E-state index is 10.8. The van der Waals surface area contributed by atoms with Gasteiger partial charge in [0.05, 0.1) is 23.6 Å². The second-order valence-electron chi connectivity index (χ2n) is 13.9. The number of carboxylic acid groups (broad SMARTS) is 1. The number of benzene rings is 5. The number of aromatic hydroxyl groups is 1. The van der Waals surface area contributed by atoms with E-state index in [4.69, 9.17) is 48.6 Å². The Kier molecular flexibility index (Phi) is 27.2. The number of primary sulfonamides is 1. The summed E-state index contributed by atoms with van der Waals surface area (Å²) in [5, 5.41) is 44.1. The second-order valence-corrected chi connectivity index (χ2v) is 25.8. The fraction of sp³-hybridized carbons (Fsp3) is 0.0952. The van der Waals surface area contributed by atoms with Gasteiger partial charge in [0.1, 0.15) is 45.6 Å². The van der Waals surface area contributed by atoms with Gasteiger partial charge in [0.2, 0.25) is 19.1 Å². The monoisotopic (exact) mass is 1200 g/mol. The molecule has 5 aromatic carbocycles. The Labute approximate surface area is 467 Å². The van der Waals surface area contributed by atoms with Crippen LogP contribution < -0.4 is 52.4 Å². The van der Waals surface area contributed by atoms with Gasteiger partial charge in [-0.15, -0.1) is 0 Å². The molecule has 396 valence electrons. The number of nitrogens with zero attached hydrogens (tertiary/aromatic N) is 4. The molecule has 0 aliphatic heterocycles. The first-order chi connectivity index (χ1) is 34.4. The quantitative estimate of drug-likeness (QED) is 0.0254. The summed E-state index contributed by atoms with van der Waals surface area (Å²) < 4.78 is 98.2. The van der Waals surface area contributed by atoms with Crippen molar-refractivity contribution in [2.24, 2.45) is 11.0 Å². The van der Waals surface area contributed by atoms with Gasteiger partial charge < -0.3 is 48.6 Å². The van der Waals surface area contributed by atoms with Crippen molar-refractivity contribution < 1.29 is 102 Å². The molecule has 10 rings (SSSR count). The topological polar surface area (TPSA) is 425 Å². The van der Waals surface area contributed by atoms with Crippen LogP contribution in [-0.4, -0.2) is 67.6 Å². The molecule has 0 fully saturated rings. The first-order valence-corrected chi connectivity index (χ1v) is 29.5. The SMILES string of the molecule is N.NO.NS(=O)(=O)Cc1noc2ccccc12.O=C(O)Cc1noc2ccccc12.O=P(Cl)(Cl)Cl.O=S(=O)(Cl)Cc1noc2ccccc12.O=S([O-])Cc1noc2ccccc12.O=c1cc(O)c2ccccc2o1.[Na+]. The molecule has 0 amide bonds. The van der Waals surface area contributed by atoms with E-state index in [2.05, 4.69) is 60.2 Å². The normalized spacial score (nSPS) is 11.1. The van der Waals surface area contributed by atoms with Crippen LogP contribution in [0.25, 0.3) is 54.8 Å². The van der Waals surface area contributed by atoms with Crippen LogP contribution in [0.1, 0.15) is 22.8 Å². The van der Waals surface area contributed by atoms with E-state index in [0.717, 1.165) is 16.8 Å². The third-order valence-electron chi connectivity index (χ3n) is 8.66. The van der Waals surface area contributed by atoms with Gasteiger partial charge in [-0.3, -0.25) is 13.6 Å². The zero-order chi connectivity index (χ0) is 53.9. The van der Waals surface area contributed by atoms with E-state index in [-0.39, 0.29) is 65.1 Å². The first kappa shape index (κ1) is 65.8. The molecule has 1 unspecified atom stereocenters. The van der Waals surface area contributed by atoms with Crippen LogP contribution in [0.2, 0.25) is 0 Å². The predicted molar refractivity (Wildman–Crippen MR) is 276 cm³/mol. The molecule has 0 saturated heterocycles. The van der Waals surface area contributed by atoms with Crippen molar-refractivity contribution in [3.05, 3.63) is 161 Å². The van der Waals surface area contributed by atoms with Gasteiger partial charge in [0.25, 0.3) is 0 Å². The summed E-state index contributed by atoms with van der Waals surface area (Å²) in [4.78, 5) is 21.2. The van der Waals surface area contributed by atoms with E-state index in [1.807, 2.05) is 24.3 Å². The zero-order valence-corrected chi connectivity index (χ0v) is 46.7. The Hall–Kier alpha value is -5.30. The molecular formula is C42H39Cl4N7NaO17PS3. The number of para-hydroxylation sites is 5. The molecule has 0 spiro atoms. The van der Waals surface area contributed by atoms with Crippen molar-refractivity contribution >= 4 is 141 Å². The van der Waals surface area contributed by atoms with Crippen LogP contribution in [0.15, 0.2) is 155 Å². The maximum atomic E-state index is 10.8. The number of sulfonamides is 1. The zero-order valence-electron chi connectivity index (χ0n) is 38.3. The molecule has 5 aromatic heterocycles. The van der Waals surface area contributed by atoms with E-state index < -0.39 is 46.9 Å². The van der Waals surface area contributed by atoms with Gasteiger partial charge in [-0.1, -0.05) is 81.3 Å². The molecule has 10 aromatic rings. The van der Waals surface area contributed by atoms with Gasteiger partial charge in [0.15, 0.2) is 22.3 Å². The average Bonchev–Trinajstić information content (AvgIpc) is 4.13. The number of nitrogens with two attached hydrogens (primary N) is 2. The summed E-state index contributed by atoms with van der Waals surface area (Å²) in [6.07, 6.45) is -0.100. The Balaban J connectivity index is 0.000000309. The number of hydrogen-bond acceptors (Lipinski definition) is 22. The number of aromatic nitrogens is 4. The molecule has 5 heterocycles. The summed E-state index contributed by atoms with van der Waals surface area (Å²) in [6, 6.07) is 36.3. The van der Waals surface area contributed by atoms with E-state index in [1.165, 1.54) is 0 Å². The Morgan fingerprint density at radius 2 is 0.947 bits per heavy atom. The third kappa shape index (κ3) is 22.8. The smallest absolute Gasteiger partial charge is 0.772 e. The van der Waals surface area contributed by atoms with Crippen LogP contribution in [0.5, 0.6) is 5.75 Å². The van der Waals surface area contributed by atoms with Crippen molar-refractivity contribution in [1.82, 2.24) is 26.8 Å². The van der Waals surface area contributed by atoms with E-state index in [1.54, 1.807) is 97.1 Å². The molecule has 0 aliphatic rings. The Morgan fingerprint density at radius 1 is 0.627 bits per heavy atom. The fourth-order valence-electron chi connectivity index (χ4n) is 5.90. The van der Waals surface area contributed by atoms with Gasteiger partial charge in [-0.25, -0.2) is 32.7 Å². The minimum absolute atomic E-state index is 0. The number of carboxylic acids is 1. The molecule has 1 atom stereocenters. The summed E-state index contributed by atoms with van der Waals surface area (Å²) >= 11 is 11.7. The molecule has 75 heavy (non-hydrogen) atoms. The summed E-state index contributed by atoms with van der Waals surface area (Å²) in [7, 11) is -2.03. The van der Waals surface area contributed by atoms with Gasteiger partial charge >= 0.3 is 46.4 Å². The average molecular weight is 1210 g/mol. The molecule has 0 saturated carbocycles. The third-order valence-corrected chi connectivity index (χ3v) is 10.8. The van der Waals surface area contributed by atoms with Crippen LogP contribution in [-0.2, 0) is 63.2 Å². The molecular weight excluding hydrogens is 1170 g/mol. The van der Waals surface area contributed by atoms with Crippen LogP contribution in [0.4, 0.5) is 0 Å². The molecule has 0 bridgehead atoms. The molecule has 0 aliphatic carbocycles. The minimum Gasteiger partial charge on any atom is -0.772 e. The maximum Gasteiger partial charge on any atom is 1.00 e. The number of rotatable bonds is 8. The summed E-state index contributed by atoms with van der Waals surface area (Å²) in [5.74, 6) is 1.84. The molecule has 33 heteroatoms. The standard InChI is InChI=1S/C9H7NO3.C9H6O3.C8H6ClNO3S.C8H8N2O3S.C8H7NO3S.Cl3OP.H3NO.H3N.Na/c11-9(12)5-7-6-3-1-2-4-8(6)13-10-7;10-7-5-9(11)12-8-4-2-1-3-6(7)8;2*9-14(11,12)5-7-6-3-1-2-4-8(6)13-10-7;10-13(11)5-7-6-3-1-2-4-8(6)12-9-7;1-5(2,3)4;1-2;;/h1-4H,5H2,(H,11,12);1-5,10H;1-4H,5H2;1-4H,5H2,(H2,9,11,12);1-4H,5H2,(H,10,11);;2H,1H2;1H3;/q;;;;;;;;+1/p-1. The Bertz CT molecular complexity index is 3600. The van der Waals surface area contributed by atoms with Gasteiger partial charge in [0, 0.05) is 32.2 Å². The van der Waals surface area contributed by atoms with Crippen molar-refractivity contribution in [2.75, 3.05) is 0 Å². The number of fused-ring (bicyclic) bond motifs is 5. The van der Waals surface area contributed by atoms with Gasteiger partial charge in [-0.05, 0) is 105 Å². The van der Waals surface area contributed by atoms with Crippen LogP contribution in [0, 0.1) is 0 Å². The van der Waals surface area contributed by atoms with Gasteiger partial charge in [-0.2, -0.15) is 0 Å². The van der Waals surface area contributed by atoms with Crippen molar-refractivity contribution in [1.29, 1.82) is 0 Å². The predicted octanol–water partition coefficient (Wildman–Crippen LogP) is 5.98. The van der Waals surface area contributed by atoms with Crippen LogP contribution in [0.3, 0.4) is 0 Å². The molecule has 0 radical (unpaired) electrons. The summed E-state index contributed by atoms with van der Waals surface area (Å²) in [6.45, 7) is 0. The number of aliphatic carboxylic acids is 1. The number of hydrogen-bond donors (Lipinski definition) is 6. The van der Waals surface area contributed by atoms with Crippen molar-refractivity contribution in [3.63, 3.8) is 0 Å². The second kappa shape index (κ2) is 31.1. The Morgan fingerprint density at radius 3 is 1.32 bits per heavy atom. The first-order valence-electron chi connectivity index (χ1n) is 19.6. The minimum atomic E-state index is -3.59. The van der Waals surface area contributed by atoms with E-state index in [0.29, 0.717) is 66.8 Å². The summed E-state index contributed by atoms with van der Waals surface area (Å²) in [5.41, 5.74) is 3.86. The van der Waals surface area contributed by atoms with E-state index >= 15 is 0 Å². The largest absolute Gasteiger partial charge is 1.00 e. The fourth-order valence-corrected chi connectivity index (χ4v) is 7.76. The molecule has 24 nitrogen and oxygen atoms in total.